The molecule has 2 N–H and O–H groups in total. The molecule has 1 aromatic rings. The number of aryl methyl sites for hydroxylation is 1. The van der Waals surface area contributed by atoms with Crippen LogP contribution in [-0.4, -0.2) is 28.8 Å². The lowest BCUT2D eigenvalue weighted by molar-refractivity contribution is -0.118. The first-order chi connectivity index (χ1) is 7.09. The minimum absolute atomic E-state index is 0.00540. The Morgan fingerprint density at radius 2 is 2.33 bits per heavy atom. The van der Waals surface area contributed by atoms with E-state index in [1.54, 1.807) is 4.68 Å². The van der Waals surface area contributed by atoms with Gasteiger partial charge in [0.2, 0.25) is 5.91 Å². The van der Waals surface area contributed by atoms with Crippen LogP contribution in [0, 0.1) is 0 Å². The number of hydrogen-bond donors (Lipinski definition) is 2. The van der Waals surface area contributed by atoms with Crippen LogP contribution in [0.15, 0.2) is 12.4 Å². The smallest absolute Gasteiger partial charge is 0.216 e. The van der Waals surface area contributed by atoms with Crippen molar-refractivity contribution in [3.63, 3.8) is 0 Å². The minimum Gasteiger partial charge on any atom is -0.355 e. The Balaban J connectivity index is 2.24. The monoisotopic (exact) mass is 210 g/mol. The van der Waals surface area contributed by atoms with Gasteiger partial charge in [0.25, 0.3) is 0 Å². The van der Waals surface area contributed by atoms with E-state index in [0.717, 1.165) is 12.1 Å². The van der Waals surface area contributed by atoms with Crippen molar-refractivity contribution in [2.45, 2.75) is 19.9 Å². The predicted octanol–water partition coefficient (Wildman–Crippen LogP) is 0.207. The van der Waals surface area contributed by atoms with E-state index < -0.39 is 0 Å². The first-order valence-electron chi connectivity index (χ1n) is 5.06. The van der Waals surface area contributed by atoms with E-state index in [4.69, 9.17) is 0 Å². The molecule has 1 unspecified atom stereocenters. The van der Waals surface area contributed by atoms with E-state index in [0.29, 0.717) is 6.54 Å². The maximum absolute atomic E-state index is 10.6. The van der Waals surface area contributed by atoms with Crippen LogP contribution in [0.4, 0.5) is 0 Å². The van der Waals surface area contributed by atoms with E-state index in [-0.39, 0.29) is 11.9 Å². The zero-order valence-electron chi connectivity index (χ0n) is 9.45. The first kappa shape index (κ1) is 11.7. The van der Waals surface area contributed by atoms with Crippen LogP contribution in [0.3, 0.4) is 0 Å². The van der Waals surface area contributed by atoms with Crippen LogP contribution in [-0.2, 0) is 11.8 Å². The number of nitrogens with zero attached hydrogens (tertiary/aromatic N) is 2. The van der Waals surface area contributed by atoms with Gasteiger partial charge in [-0.25, -0.2) is 0 Å². The average molecular weight is 210 g/mol. The molecule has 1 amide bonds. The molecule has 15 heavy (non-hydrogen) atoms. The molecule has 1 aromatic heterocycles. The van der Waals surface area contributed by atoms with Gasteiger partial charge < -0.3 is 10.6 Å². The first-order valence-corrected chi connectivity index (χ1v) is 5.06. The average Bonchev–Trinajstić information content (AvgIpc) is 2.59. The fourth-order valence-corrected chi connectivity index (χ4v) is 1.31. The second kappa shape index (κ2) is 5.50. The Bertz CT molecular complexity index is 321. The summed E-state index contributed by atoms with van der Waals surface area (Å²) in [6.45, 7) is 5.00. The molecule has 0 saturated carbocycles. The van der Waals surface area contributed by atoms with Gasteiger partial charge >= 0.3 is 0 Å². The molecule has 0 bridgehead atoms. The van der Waals surface area contributed by atoms with E-state index in [1.807, 2.05) is 19.4 Å². The number of amides is 1. The topological polar surface area (TPSA) is 59.0 Å². The van der Waals surface area contributed by atoms with Gasteiger partial charge in [0, 0.05) is 44.9 Å². The third-order valence-electron chi connectivity index (χ3n) is 2.17. The lowest BCUT2D eigenvalue weighted by atomic mass is 10.2. The van der Waals surface area contributed by atoms with Crippen LogP contribution < -0.4 is 10.6 Å². The van der Waals surface area contributed by atoms with E-state index >= 15 is 0 Å². The fraction of sp³-hybridized carbons (Fsp3) is 0.600. The quantitative estimate of drug-likeness (QED) is 0.683. The van der Waals surface area contributed by atoms with E-state index in [9.17, 15) is 4.79 Å². The van der Waals surface area contributed by atoms with E-state index in [2.05, 4.69) is 22.7 Å². The Hall–Kier alpha value is -1.36. The molecule has 0 aliphatic carbocycles. The molecule has 1 heterocycles. The molecule has 0 aliphatic rings. The highest BCUT2D eigenvalue weighted by molar-refractivity contribution is 5.72. The lowest BCUT2D eigenvalue weighted by Gasteiger charge is -2.11. The van der Waals surface area contributed by atoms with Crippen LogP contribution >= 0.6 is 0 Å². The molecule has 0 fully saturated rings. The van der Waals surface area contributed by atoms with Gasteiger partial charge in [-0.05, 0) is 6.92 Å². The molecule has 5 nitrogen and oxygen atoms in total. The fourth-order valence-electron chi connectivity index (χ4n) is 1.31. The highest BCUT2D eigenvalue weighted by Crippen LogP contribution is 2.09. The van der Waals surface area contributed by atoms with Gasteiger partial charge in [-0.15, -0.1) is 0 Å². The van der Waals surface area contributed by atoms with Gasteiger partial charge in [0.1, 0.15) is 0 Å². The van der Waals surface area contributed by atoms with Crippen molar-refractivity contribution in [2.75, 3.05) is 13.1 Å². The van der Waals surface area contributed by atoms with Crippen LogP contribution in [0.2, 0.25) is 0 Å². The van der Waals surface area contributed by atoms with Crippen molar-refractivity contribution in [3.05, 3.63) is 18.0 Å². The molecule has 5 heteroatoms. The van der Waals surface area contributed by atoms with Crippen molar-refractivity contribution in [1.29, 1.82) is 0 Å². The number of hydrogen-bond acceptors (Lipinski definition) is 3. The van der Waals surface area contributed by atoms with Gasteiger partial charge in [0.05, 0.1) is 6.20 Å². The second-order valence-corrected chi connectivity index (χ2v) is 3.61. The Morgan fingerprint density at radius 3 is 2.87 bits per heavy atom. The Labute approximate surface area is 89.9 Å². The number of rotatable bonds is 5. The van der Waals surface area contributed by atoms with Crippen LogP contribution in [0.1, 0.15) is 25.5 Å². The van der Waals surface area contributed by atoms with Crippen molar-refractivity contribution in [2.24, 2.45) is 7.05 Å². The van der Waals surface area contributed by atoms with Gasteiger partial charge in [-0.2, -0.15) is 5.10 Å². The summed E-state index contributed by atoms with van der Waals surface area (Å²) in [6.07, 6.45) is 3.83. The van der Waals surface area contributed by atoms with Crippen molar-refractivity contribution in [3.8, 4) is 0 Å². The molecule has 0 radical (unpaired) electrons. The number of aromatic nitrogens is 2. The summed E-state index contributed by atoms with van der Waals surface area (Å²) in [4.78, 5) is 10.6. The predicted molar refractivity (Wildman–Crippen MR) is 58.3 cm³/mol. The Kier molecular flexibility index (Phi) is 4.30. The molecule has 84 valence electrons. The van der Waals surface area contributed by atoms with Crippen molar-refractivity contribution < 1.29 is 4.79 Å². The number of nitrogens with one attached hydrogen (secondary N) is 2. The minimum atomic E-state index is 0.00540. The summed E-state index contributed by atoms with van der Waals surface area (Å²) in [6, 6.07) is 0.257. The summed E-state index contributed by atoms with van der Waals surface area (Å²) >= 11 is 0. The number of carbonyl (C=O) groups is 1. The molecule has 0 aromatic carbocycles. The molecular formula is C10H18N4O. The standard InChI is InChI=1S/C10H18N4O/c1-8(10-6-13-14(3)7-10)11-4-5-12-9(2)15/h6-8,11H,4-5H2,1-3H3,(H,12,15). The lowest BCUT2D eigenvalue weighted by Crippen LogP contribution is -2.31. The molecule has 1 atom stereocenters. The molecule has 0 spiro atoms. The summed E-state index contributed by atoms with van der Waals surface area (Å²) < 4.78 is 1.78. The highest BCUT2D eigenvalue weighted by Gasteiger charge is 2.05. The van der Waals surface area contributed by atoms with Crippen LogP contribution in [0.5, 0.6) is 0 Å². The van der Waals surface area contributed by atoms with Crippen LogP contribution in [0.25, 0.3) is 0 Å². The molecule has 1 rings (SSSR count). The van der Waals surface area contributed by atoms with Gasteiger partial charge in [-0.1, -0.05) is 0 Å². The summed E-state index contributed by atoms with van der Waals surface area (Å²) in [5.74, 6) is 0.00540. The molecular weight excluding hydrogens is 192 g/mol. The Morgan fingerprint density at radius 1 is 1.60 bits per heavy atom. The normalized spacial score (nSPS) is 12.5. The zero-order valence-corrected chi connectivity index (χ0v) is 9.45. The SMILES string of the molecule is CC(=O)NCCNC(C)c1cnn(C)c1. The summed E-state index contributed by atoms with van der Waals surface area (Å²) in [5.41, 5.74) is 1.15. The van der Waals surface area contributed by atoms with Gasteiger partial charge in [0.15, 0.2) is 0 Å². The molecule has 0 aliphatic heterocycles. The zero-order chi connectivity index (χ0) is 11.3. The molecule has 0 saturated heterocycles. The van der Waals surface area contributed by atoms with Crippen molar-refractivity contribution in [1.82, 2.24) is 20.4 Å². The maximum Gasteiger partial charge on any atom is 0.216 e. The third-order valence-corrected chi connectivity index (χ3v) is 2.17. The maximum atomic E-state index is 10.6. The summed E-state index contributed by atoms with van der Waals surface area (Å²) in [5, 5.41) is 10.1. The highest BCUT2D eigenvalue weighted by atomic mass is 16.1. The van der Waals surface area contributed by atoms with Gasteiger partial charge in [-0.3, -0.25) is 9.48 Å². The van der Waals surface area contributed by atoms with E-state index in [1.165, 1.54) is 6.92 Å². The second-order valence-electron chi connectivity index (χ2n) is 3.61. The van der Waals surface area contributed by atoms with Crippen molar-refractivity contribution >= 4 is 5.91 Å². The summed E-state index contributed by atoms with van der Waals surface area (Å²) in [7, 11) is 1.90. The number of carbonyl (C=O) groups excluding carboxylic acids is 1. The largest absolute Gasteiger partial charge is 0.355 e. The third kappa shape index (κ3) is 4.12.